The normalized spacial score (nSPS) is 13.6. The molecule has 6 heteroatoms. The summed E-state index contributed by atoms with van der Waals surface area (Å²) in [7, 11) is 0. The van der Waals surface area contributed by atoms with Gasteiger partial charge in [0.2, 0.25) is 5.91 Å². The van der Waals surface area contributed by atoms with Crippen molar-refractivity contribution in [2.45, 2.75) is 32.8 Å². The predicted molar refractivity (Wildman–Crippen MR) is 75.3 cm³/mol. The van der Waals surface area contributed by atoms with Crippen LogP contribution in [0, 0.1) is 16.0 Å². The number of hydrogen-bond acceptors (Lipinski definition) is 4. The smallest absolute Gasteiger partial charge is 0.269 e. The Morgan fingerprint density at radius 1 is 1.35 bits per heavy atom. The fourth-order valence-electron chi connectivity index (χ4n) is 1.94. The molecule has 0 saturated heterocycles. The zero-order valence-electron chi connectivity index (χ0n) is 11.7. The Bertz CT molecular complexity index is 457. The number of benzene rings is 1. The maximum atomic E-state index is 11.7. The lowest BCUT2D eigenvalue weighted by Gasteiger charge is -2.14. The number of aliphatic hydroxyl groups is 1. The van der Waals surface area contributed by atoms with Gasteiger partial charge in [-0.2, -0.15) is 0 Å². The molecule has 20 heavy (non-hydrogen) atoms. The van der Waals surface area contributed by atoms with Gasteiger partial charge < -0.3 is 10.4 Å². The van der Waals surface area contributed by atoms with Gasteiger partial charge in [0.25, 0.3) is 5.69 Å². The van der Waals surface area contributed by atoms with Crippen molar-refractivity contribution in [2.75, 3.05) is 6.54 Å². The number of nitro benzene ring substituents is 1. The molecular formula is C14H20N2O4. The molecule has 1 aromatic rings. The number of rotatable bonds is 7. The fraction of sp³-hybridized carbons (Fsp3) is 0.500. The molecule has 1 rings (SSSR count). The number of nitrogens with zero attached hydrogens (tertiary/aromatic N) is 1. The van der Waals surface area contributed by atoms with Crippen LogP contribution >= 0.6 is 0 Å². The van der Waals surface area contributed by atoms with E-state index < -0.39 is 4.92 Å². The Hall–Kier alpha value is -1.95. The Balaban J connectivity index is 2.40. The Kier molecular flexibility index (Phi) is 6.11. The Labute approximate surface area is 118 Å². The average molecular weight is 280 g/mol. The molecule has 0 fully saturated rings. The van der Waals surface area contributed by atoms with Gasteiger partial charge in [-0.3, -0.25) is 14.9 Å². The van der Waals surface area contributed by atoms with Crippen molar-refractivity contribution < 1.29 is 14.8 Å². The largest absolute Gasteiger partial charge is 0.393 e. The summed E-state index contributed by atoms with van der Waals surface area (Å²) in [5.41, 5.74) is 0.746. The van der Waals surface area contributed by atoms with Crippen LogP contribution in [-0.4, -0.2) is 28.6 Å². The van der Waals surface area contributed by atoms with Crippen LogP contribution in [0.5, 0.6) is 0 Å². The number of nitrogens with one attached hydrogen (secondary N) is 1. The molecule has 0 heterocycles. The van der Waals surface area contributed by atoms with E-state index in [4.69, 9.17) is 0 Å². The standard InChI is InChI=1S/C14H20N2O4/c1-10(7-11(2)17)9-15-14(18)8-12-3-5-13(6-4-12)16(19)20/h3-6,10-11,17H,7-9H2,1-2H3,(H,15,18). The number of hydrogen-bond donors (Lipinski definition) is 2. The van der Waals surface area contributed by atoms with Crippen molar-refractivity contribution in [3.05, 3.63) is 39.9 Å². The molecule has 0 aliphatic heterocycles. The number of nitro groups is 1. The number of carbonyl (C=O) groups is 1. The van der Waals surface area contributed by atoms with E-state index in [0.717, 1.165) is 5.56 Å². The van der Waals surface area contributed by atoms with E-state index in [1.165, 1.54) is 12.1 Å². The third-order valence-corrected chi connectivity index (χ3v) is 2.90. The van der Waals surface area contributed by atoms with E-state index in [1.807, 2.05) is 6.92 Å². The number of aliphatic hydroxyl groups excluding tert-OH is 1. The van der Waals surface area contributed by atoms with Crippen molar-refractivity contribution in [1.82, 2.24) is 5.32 Å². The summed E-state index contributed by atoms with van der Waals surface area (Å²) < 4.78 is 0. The number of amides is 1. The van der Waals surface area contributed by atoms with Gasteiger partial charge in [-0.1, -0.05) is 19.1 Å². The molecule has 2 N–H and O–H groups in total. The summed E-state index contributed by atoms with van der Waals surface area (Å²) in [6.07, 6.45) is 0.452. The molecule has 2 unspecified atom stereocenters. The maximum absolute atomic E-state index is 11.7. The van der Waals surface area contributed by atoms with Crippen molar-refractivity contribution >= 4 is 11.6 Å². The zero-order valence-corrected chi connectivity index (χ0v) is 11.7. The minimum absolute atomic E-state index is 0.0136. The van der Waals surface area contributed by atoms with Gasteiger partial charge in [0, 0.05) is 18.7 Å². The SMILES string of the molecule is CC(O)CC(C)CNC(=O)Cc1ccc([N+](=O)[O-])cc1. The van der Waals surface area contributed by atoms with Crippen LogP contribution in [0.4, 0.5) is 5.69 Å². The van der Waals surface area contributed by atoms with Gasteiger partial charge >= 0.3 is 0 Å². The highest BCUT2D eigenvalue weighted by atomic mass is 16.6. The van der Waals surface area contributed by atoms with Gasteiger partial charge in [-0.25, -0.2) is 0 Å². The summed E-state index contributed by atoms with van der Waals surface area (Å²) in [4.78, 5) is 21.7. The minimum Gasteiger partial charge on any atom is -0.393 e. The average Bonchev–Trinajstić information content (AvgIpc) is 2.36. The van der Waals surface area contributed by atoms with E-state index in [1.54, 1.807) is 19.1 Å². The van der Waals surface area contributed by atoms with Gasteiger partial charge in [0.15, 0.2) is 0 Å². The fourth-order valence-corrected chi connectivity index (χ4v) is 1.94. The quantitative estimate of drug-likeness (QED) is 0.587. The molecule has 110 valence electrons. The lowest BCUT2D eigenvalue weighted by Crippen LogP contribution is -2.30. The summed E-state index contributed by atoms with van der Waals surface area (Å²) in [6.45, 7) is 4.19. The van der Waals surface area contributed by atoms with E-state index in [-0.39, 0.29) is 30.0 Å². The van der Waals surface area contributed by atoms with Crippen LogP contribution in [0.3, 0.4) is 0 Å². The molecule has 1 aromatic carbocycles. The zero-order chi connectivity index (χ0) is 15.1. The van der Waals surface area contributed by atoms with Crippen LogP contribution in [0.1, 0.15) is 25.8 Å². The topological polar surface area (TPSA) is 92.5 Å². The third-order valence-electron chi connectivity index (χ3n) is 2.90. The molecule has 0 aliphatic rings. The molecule has 6 nitrogen and oxygen atoms in total. The molecule has 2 atom stereocenters. The predicted octanol–water partition coefficient (Wildman–Crippen LogP) is 1.66. The first kappa shape index (κ1) is 16.1. The number of carbonyl (C=O) groups excluding carboxylic acids is 1. The minimum atomic E-state index is -0.471. The highest BCUT2D eigenvalue weighted by molar-refractivity contribution is 5.78. The summed E-state index contributed by atoms with van der Waals surface area (Å²) in [5.74, 6) is 0.0760. The van der Waals surface area contributed by atoms with Crippen molar-refractivity contribution in [1.29, 1.82) is 0 Å². The Morgan fingerprint density at radius 2 is 1.95 bits per heavy atom. The van der Waals surface area contributed by atoms with E-state index in [9.17, 15) is 20.0 Å². The third kappa shape index (κ3) is 5.79. The Morgan fingerprint density at radius 3 is 2.45 bits per heavy atom. The van der Waals surface area contributed by atoms with Crippen LogP contribution in [0.25, 0.3) is 0 Å². The molecule has 0 aliphatic carbocycles. The van der Waals surface area contributed by atoms with Crippen LogP contribution in [0.2, 0.25) is 0 Å². The van der Waals surface area contributed by atoms with Gasteiger partial charge in [-0.15, -0.1) is 0 Å². The first-order valence-electron chi connectivity index (χ1n) is 6.56. The molecule has 1 amide bonds. The lowest BCUT2D eigenvalue weighted by molar-refractivity contribution is -0.384. The molecule has 0 bridgehead atoms. The second kappa shape index (κ2) is 7.59. The first-order chi connectivity index (χ1) is 9.38. The van der Waals surface area contributed by atoms with Crippen LogP contribution in [-0.2, 0) is 11.2 Å². The van der Waals surface area contributed by atoms with Crippen LogP contribution in [0.15, 0.2) is 24.3 Å². The molecular weight excluding hydrogens is 260 g/mol. The highest BCUT2D eigenvalue weighted by Gasteiger charge is 2.10. The summed E-state index contributed by atoms with van der Waals surface area (Å²) >= 11 is 0. The van der Waals surface area contributed by atoms with Crippen LogP contribution < -0.4 is 5.32 Å². The maximum Gasteiger partial charge on any atom is 0.269 e. The van der Waals surface area contributed by atoms with E-state index >= 15 is 0 Å². The second-order valence-electron chi connectivity index (χ2n) is 5.09. The molecule has 0 radical (unpaired) electrons. The summed E-state index contributed by atoms with van der Waals surface area (Å²) in [5, 5.41) is 22.5. The monoisotopic (exact) mass is 280 g/mol. The second-order valence-corrected chi connectivity index (χ2v) is 5.09. The lowest BCUT2D eigenvalue weighted by atomic mass is 10.0. The van der Waals surface area contributed by atoms with Gasteiger partial charge in [0.05, 0.1) is 17.4 Å². The molecule has 0 saturated carbocycles. The number of non-ortho nitro benzene ring substituents is 1. The van der Waals surface area contributed by atoms with Crippen molar-refractivity contribution in [3.63, 3.8) is 0 Å². The summed E-state index contributed by atoms with van der Waals surface area (Å²) in [6, 6.07) is 5.94. The highest BCUT2D eigenvalue weighted by Crippen LogP contribution is 2.12. The van der Waals surface area contributed by atoms with Gasteiger partial charge in [0.1, 0.15) is 0 Å². The van der Waals surface area contributed by atoms with Crippen molar-refractivity contribution in [3.8, 4) is 0 Å². The first-order valence-corrected chi connectivity index (χ1v) is 6.56. The van der Waals surface area contributed by atoms with E-state index in [2.05, 4.69) is 5.32 Å². The van der Waals surface area contributed by atoms with Crippen molar-refractivity contribution in [2.24, 2.45) is 5.92 Å². The molecule has 0 spiro atoms. The molecule has 0 aromatic heterocycles. The van der Waals surface area contributed by atoms with Gasteiger partial charge in [-0.05, 0) is 24.8 Å². The van der Waals surface area contributed by atoms with E-state index in [0.29, 0.717) is 13.0 Å².